The van der Waals surface area contributed by atoms with Crippen LogP contribution < -0.4 is 9.47 Å². The zero-order chi connectivity index (χ0) is 13.5. The van der Waals surface area contributed by atoms with Crippen LogP contribution in [0.4, 0.5) is 5.69 Å². The van der Waals surface area contributed by atoms with Crippen molar-refractivity contribution in [2.24, 2.45) is 0 Å². The molecule has 0 amide bonds. The van der Waals surface area contributed by atoms with Gasteiger partial charge in [0.1, 0.15) is 0 Å². The van der Waals surface area contributed by atoms with Gasteiger partial charge in [0.15, 0.2) is 17.8 Å². The molecule has 1 aromatic carbocycles. The normalized spacial score (nSPS) is 9.89. The summed E-state index contributed by atoms with van der Waals surface area (Å²) in [6.07, 6.45) is 2.22. The number of nitro benzene ring substituents is 1. The Morgan fingerprint density at radius 1 is 1.39 bits per heavy atom. The van der Waals surface area contributed by atoms with Crippen LogP contribution in [-0.2, 0) is 0 Å². The summed E-state index contributed by atoms with van der Waals surface area (Å²) in [5.74, 6) is 0.599. The van der Waals surface area contributed by atoms with E-state index in [1.165, 1.54) is 19.2 Å². The van der Waals surface area contributed by atoms with Gasteiger partial charge in [0.25, 0.3) is 5.69 Å². The maximum Gasteiger partial charge on any atom is 0.283 e. The quantitative estimate of drug-likeness (QED) is 0.323. The summed E-state index contributed by atoms with van der Waals surface area (Å²) in [7, 11) is 1.42. The molecule has 1 aromatic rings. The van der Waals surface area contributed by atoms with Crippen molar-refractivity contribution in [2.45, 2.75) is 19.8 Å². The summed E-state index contributed by atoms with van der Waals surface area (Å²) < 4.78 is 10.5. The summed E-state index contributed by atoms with van der Waals surface area (Å²) in [5, 5.41) is 10.8. The predicted molar refractivity (Wildman–Crippen MR) is 65.4 cm³/mol. The van der Waals surface area contributed by atoms with E-state index in [-0.39, 0.29) is 17.0 Å². The van der Waals surface area contributed by atoms with Crippen LogP contribution in [0.15, 0.2) is 12.1 Å². The Morgan fingerprint density at radius 3 is 2.61 bits per heavy atom. The molecule has 6 nitrogen and oxygen atoms in total. The Labute approximate surface area is 105 Å². The maximum atomic E-state index is 10.8. The molecule has 0 saturated heterocycles. The third kappa shape index (κ3) is 3.19. The van der Waals surface area contributed by atoms with Gasteiger partial charge in [0.2, 0.25) is 0 Å². The number of methoxy groups -OCH3 is 1. The average molecular weight is 253 g/mol. The fourth-order valence-electron chi connectivity index (χ4n) is 1.42. The van der Waals surface area contributed by atoms with Gasteiger partial charge in [-0.3, -0.25) is 14.9 Å². The number of unbranched alkanes of at least 4 members (excludes halogenated alkanes) is 1. The third-order valence-electron chi connectivity index (χ3n) is 2.39. The molecule has 6 heteroatoms. The molecular weight excluding hydrogens is 238 g/mol. The molecule has 98 valence electrons. The van der Waals surface area contributed by atoms with Gasteiger partial charge in [-0.25, -0.2) is 0 Å². The first-order chi connectivity index (χ1) is 8.63. The minimum atomic E-state index is -0.615. The SMILES string of the molecule is CCCCOc1cc([N+](=O)[O-])c(C=O)cc1OC. The van der Waals surface area contributed by atoms with Crippen molar-refractivity contribution < 1.29 is 19.2 Å². The maximum absolute atomic E-state index is 10.8. The molecule has 0 unspecified atom stereocenters. The fourth-order valence-corrected chi connectivity index (χ4v) is 1.42. The highest BCUT2D eigenvalue weighted by Crippen LogP contribution is 2.34. The first kappa shape index (κ1) is 14.0. The molecule has 18 heavy (non-hydrogen) atoms. The van der Waals surface area contributed by atoms with Gasteiger partial charge in [0, 0.05) is 6.07 Å². The summed E-state index contributed by atoms with van der Waals surface area (Å²) >= 11 is 0. The largest absolute Gasteiger partial charge is 0.493 e. The first-order valence-electron chi connectivity index (χ1n) is 5.58. The smallest absolute Gasteiger partial charge is 0.283 e. The van der Waals surface area contributed by atoms with E-state index in [1.807, 2.05) is 6.92 Å². The van der Waals surface area contributed by atoms with Crippen molar-refractivity contribution in [1.82, 2.24) is 0 Å². The zero-order valence-electron chi connectivity index (χ0n) is 10.3. The van der Waals surface area contributed by atoms with Gasteiger partial charge >= 0.3 is 0 Å². The molecule has 0 atom stereocenters. The number of aldehydes is 1. The molecule has 0 spiro atoms. The summed E-state index contributed by atoms with van der Waals surface area (Å²) in [6, 6.07) is 2.53. The van der Waals surface area contributed by atoms with E-state index in [4.69, 9.17) is 9.47 Å². The minimum absolute atomic E-state index is 0.0281. The molecule has 0 aromatic heterocycles. The van der Waals surface area contributed by atoms with E-state index in [1.54, 1.807) is 0 Å². The van der Waals surface area contributed by atoms with E-state index in [0.717, 1.165) is 12.8 Å². The second-order valence-electron chi connectivity index (χ2n) is 3.64. The molecule has 0 N–H and O–H groups in total. The molecule has 0 bridgehead atoms. The molecule has 0 heterocycles. The first-order valence-corrected chi connectivity index (χ1v) is 5.58. The summed E-state index contributed by atoms with van der Waals surface area (Å²) in [5.41, 5.74) is -0.308. The molecule has 0 aliphatic rings. The average Bonchev–Trinajstić information content (AvgIpc) is 2.38. The Kier molecular flexibility index (Phi) is 5.10. The second-order valence-corrected chi connectivity index (χ2v) is 3.64. The Bertz CT molecular complexity index is 444. The van der Waals surface area contributed by atoms with Crippen molar-refractivity contribution in [2.75, 3.05) is 13.7 Å². The number of hydrogen-bond donors (Lipinski definition) is 0. The lowest BCUT2D eigenvalue weighted by Gasteiger charge is -2.10. The number of hydrogen-bond acceptors (Lipinski definition) is 5. The van der Waals surface area contributed by atoms with Gasteiger partial charge in [-0.2, -0.15) is 0 Å². The number of benzene rings is 1. The highest BCUT2D eigenvalue weighted by Gasteiger charge is 2.19. The summed E-state index contributed by atoms with van der Waals surface area (Å²) in [4.78, 5) is 21.0. The predicted octanol–water partition coefficient (Wildman–Crippen LogP) is 2.59. The third-order valence-corrected chi connectivity index (χ3v) is 2.39. The van der Waals surface area contributed by atoms with Gasteiger partial charge in [-0.05, 0) is 6.42 Å². The monoisotopic (exact) mass is 253 g/mol. The van der Waals surface area contributed by atoms with E-state index in [0.29, 0.717) is 18.6 Å². The van der Waals surface area contributed by atoms with Gasteiger partial charge in [-0.1, -0.05) is 13.3 Å². The lowest BCUT2D eigenvalue weighted by atomic mass is 10.1. The Balaban J connectivity index is 3.10. The Hall–Kier alpha value is -2.11. The van der Waals surface area contributed by atoms with Crippen molar-refractivity contribution in [3.05, 3.63) is 27.8 Å². The number of carbonyl (C=O) groups excluding carboxylic acids is 1. The lowest BCUT2D eigenvalue weighted by Crippen LogP contribution is -2.02. The van der Waals surface area contributed by atoms with Crippen LogP contribution in [0.2, 0.25) is 0 Å². The number of nitro groups is 1. The molecule has 0 fully saturated rings. The molecule has 0 saturated carbocycles. The highest BCUT2D eigenvalue weighted by atomic mass is 16.6. The zero-order valence-corrected chi connectivity index (χ0v) is 10.3. The van der Waals surface area contributed by atoms with E-state index in [2.05, 4.69) is 0 Å². The molecule has 1 rings (SSSR count). The fraction of sp³-hybridized carbons (Fsp3) is 0.417. The highest BCUT2D eigenvalue weighted by molar-refractivity contribution is 5.83. The second kappa shape index (κ2) is 6.58. The molecular formula is C12H15NO5. The van der Waals surface area contributed by atoms with Crippen LogP contribution in [0, 0.1) is 10.1 Å². The van der Waals surface area contributed by atoms with Crippen LogP contribution in [0.3, 0.4) is 0 Å². The van der Waals surface area contributed by atoms with E-state index >= 15 is 0 Å². The number of nitrogens with zero attached hydrogens (tertiary/aromatic N) is 1. The Morgan fingerprint density at radius 2 is 2.11 bits per heavy atom. The molecule has 0 aliphatic heterocycles. The van der Waals surface area contributed by atoms with Crippen LogP contribution in [-0.4, -0.2) is 24.9 Å². The van der Waals surface area contributed by atoms with Gasteiger partial charge in [-0.15, -0.1) is 0 Å². The van der Waals surface area contributed by atoms with Crippen LogP contribution >= 0.6 is 0 Å². The van der Waals surface area contributed by atoms with Crippen LogP contribution in [0.1, 0.15) is 30.1 Å². The van der Waals surface area contributed by atoms with Crippen molar-refractivity contribution >= 4 is 12.0 Å². The van der Waals surface area contributed by atoms with Crippen molar-refractivity contribution in [3.63, 3.8) is 0 Å². The topological polar surface area (TPSA) is 78.7 Å². The number of carbonyl (C=O) groups is 1. The van der Waals surface area contributed by atoms with Crippen molar-refractivity contribution in [1.29, 1.82) is 0 Å². The molecule has 0 radical (unpaired) electrons. The van der Waals surface area contributed by atoms with Crippen molar-refractivity contribution in [3.8, 4) is 11.5 Å². The van der Waals surface area contributed by atoms with Crippen LogP contribution in [0.25, 0.3) is 0 Å². The summed E-state index contributed by atoms with van der Waals surface area (Å²) in [6.45, 7) is 2.46. The van der Waals surface area contributed by atoms with E-state index < -0.39 is 4.92 Å². The lowest BCUT2D eigenvalue weighted by molar-refractivity contribution is -0.385. The van der Waals surface area contributed by atoms with Gasteiger partial charge < -0.3 is 9.47 Å². The van der Waals surface area contributed by atoms with Gasteiger partial charge in [0.05, 0.1) is 30.3 Å². The number of ether oxygens (including phenoxy) is 2. The van der Waals surface area contributed by atoms with E-state index in [9.17, 15) is 14.9 Å². The number of rotatable bonds is 7. The van der Waals surface area contributed by atoms with Crippen LogP contribution in [0.5, 0.6) is 11.5 Å². The standard InChI is InChI=1S/C12H15NO5/c1-3-4-5-18-12-7-10(13(15)16)9(8-14)6-11(12)17-2/h6-8H,3-5H2,1-2H3. The molecule has 0 aliphatic carbocycles. The minimum Gasteiger partial charge on any atom is -0.493 e.